The molecule has 3 unspecified atom stereocenters. The van der Waals surface area contributed by atoms with Gasteiger partial charge in [0.15, 0.2) is 11.5 Å². The number of para-hydroxylation sites is 2. The fourth-order valence-electron chi connectivity index (χ4n) is 4.74. The van der Waals surface area contributed by atoms with Crippen molar-refractivity contribution in [1.82, 2.24) is 15.3 Å². The number of H-pyrrole nitrogens is 1. The smallest absolute Gasteiger partial charge is 0.223 e. The molecule has 1 aliphatic rings. The Morgan fingerprint density at radius 1 is 1.09 bits per heavy atom. The van der Waals surface area contributed by atoms with Crippen LogP contribution in [0.2, 0.25) is 0 Å². The monoisotopic (exact) mass is 441 g/mol. The van der Waals surface area contributed by atoms with Crippen molar-refractivity contribution in [3.63, 3.8) is 0 Å². The van der Waals surface area contributed by atoms with E-state index >= 15 is 0 Å². The third-order valence-electron chi connectivity index (χ3n) is 6.53. The normalized spacial score (nSPS) is 18.0. The predicted molar refractivity (Wildman–Crippen MR) is 128 cm³/mol. The van der Waals surface area contributed by atoms with Gasteiger partial charge in [-0.05, 0) is 41.7 Å². The summed E-state index contributed by atoms with van der Waals surface area (Å²) in [7, 11) is 3.28. The number of hydrogen-bond acceptors (Lipinski definition) is 4. The Kier molecular flexibility index (Phi) is 5.73. The Hall–Kier alpha value is -3.80. The molecule has 6 nitrogen and oxygen atoms in total. The topological polar surface area (TPSA) is 76.2 Å². The summed E-state index contributed by atoms with van der Waals surface area (Å²) in [4.78, 5) is 20.6. The van der Waals surface area contributed by atoms with Crippen molar-refractivity contribution in [2.75, 3.05) is 20.8 Å². The van der Waals surface area contributed by atoms with Crippen LogP contribution in [0, 0.1) is 5.92 Å². The minimum absolute atomic E-state index is 0.00924. The summed E-state index contributed by atoms with van der Waals surface area (Å²) >= 11 is 0. The van der Waals surface area contributed by atoms with Crippen LogP contribution in [0.4, 0.5) is 0 Å². The lowest BCUT2D eigenvalue weighted by Crippen LogP contribution is -2.30. The molecule has 2 N–H and O–H groups in total. The molecule has 5 rings (SSSR count). The maximum atomic E-state index is 13.0. The van der Waals surface area contributed by atoms with Gasteiger partial charge in [-0.3, -0.25) is 9.78 Å². The van der Waals surface area contributed by atoms with E-state index in [1.54, 1.807) is 20.4 Å². The number of benzene rings is 2. The van der Waals surface area contributed by atoms with Crippen LogP contribution in [-0.4, -0.2) is 36.6 Å². The van der Waals surface area contributed by atoms with Crippen LogP contribution in [0.5, 0.6) is 11.5 Å². The van der Waals surface area contributed by atoms with Crippen LogP contribution >= 0.6 is 0 Å². The van der Waals surface area contributed by atoms with Crippen molar-refractivity contribution < 1.29 is 14.3 Å². The molecule has 2 aromatic carbocycles. The molecule has 0 saturated heterocycles. The number of ether oxygens (including phenoxy) is 2. The lowest BCUT2D eigenvalue weighted by molar-refractivity contribution is -0.122. The fourth-order valence-corrected chi connectivity index (χ4v) is 4.74. The van der Waals surface area contributed by atoms with Crippen LogP contribution in [-0.2, 0) is 4.79 Å². The van der Waals surface area contributed by atoms with Gasteiger partial charge in [-0.15, -0.1) is 0 Å². The molecule has 4 aromatic rings. The van der Waals surface area contributed by atoms with Crippen molar-refractivity contribution in [1.29, 1.82) is 0 Å². The Morgan fingerprint density at radius 3 is 2.76 bits per heavy atom. The highest BCUT2D eigenvalue weighted by Crippen LogP contribution is 2.47. The van der Waals surface area contributed by atoms with Crippen molar-refractivity contribution in [3.05, 3.63) is 89.9 Å². The number of hydrogen-bond donors (Lipinski definition) is 2. The van der Waals surface area contributed by atoms with Crippen LogP contribution < -0.4 is 14.8 Å². The molecule has 6 heteroatoms. The summed E-state index contributed by atoms with van der Waals surface area (Å²) in [6, 6.07) is 18.0. The van der Waals surface area contributed by atoms with E-state index in [9.17, 15) is 4.79 Å². The first-order valence-electron chi connectivity index (χ1n) is 11.2. The molecule has 0 bridgehead atoms. The van der Waals surface area contributed by atoms with E-state index in [4.69, 9.17) is 9.47 Å². The van der Waals surface area contributed by atoms with Crippen LogP contribution in [0.1, 0.15) is 34.9 Å². The molecule has 1 saturated carbocycles. The molecule has 33 heavy (non-hydrogen) atoms. The number of amides is 1. The number of fused-ring (bicyclic) bond motifs is 1. The molecule has 2 aromatic heterocycles. The zero-order valence-electron chi connectivity index (χ0n) is 18.7. The van der Waals surface area contributed by atoms with E-state index in [-0.39, 0.29) is 23.7 Å². The molecule has 1 aliphatic carbocycles. The summed E-state index contributed by atoms with van der Waals surface area (Å²) in [6.07, 6.45) is 6.50. The summed E-state index contributed by atoms with van der Waals surface area (Å²) in [6.45, 7) is 0.459. The third kappa shape index (κ3) is 4.04. The van der Waals surface area contributed by atoms with Crippen LogP contribution in [0.15, 0.2) is 73.2 Å². The maximum absolute atomic E-state index is 13.0. The highest BCUT2D eigenvalue weighted by atomic mass is 16.5. The van der Waals surface area contributed by atoms with Gasteiger partial charge in [0, 0.05) is 53.4 Å². The summed E-state index contributed by atoms with van der Waals surface area (Å²) in [5, 5.41) is 4.34. The lowest BCUT2D eigenvalue weighted by atomic mass is 9.89. The average Bonchev–Trinajstić information content (AvgIpc) is 3.57. The van der Waals surface area contributed by atoms with E-state index in [0.29, 0.717) is 18.0 Å². The second-order valence-corrected chi connectivity index (χ2v) is 8.41. The zero-order chi connectivity index (χ0) is 22.8. The van der Waals surface area contributed by atoms with E-state index < -0.39 is 0 Å². The molecule has 168 valence electrons. The number of nitrogens with one attached hydrogen (secondary N) is 2. The number of nitrogens with zero attached hydrogens (tertiary/aromatic N) is 1. The molecule has 0 aliphatic heterocycles. The van der Waals surface area contributed by atoms with Gasteiger partial charge in [-0.25, -0.2) is 0 Å². The molecular formula is C27H27N3O3. The minimum Gasteiger partial charge on any atom is -0.493 e. The Balaban J connectivity index is 1.44. The quantitative estimate of drug-likeness (QED) is 0.418. The molecule has 3 atom stereocenters. The Bertz CT molecular complexity index is 1270. The molecule has 2 heterocycles. The van der Waals surface area contributed by atoms with Gasteiger partial charge in [0.25, 0.3) is 0 Å². The first-order chi connectivity index (χ1) is 16.2. The highest BCUT2D eigenvalue weighted by Gasteiger charge is 2.44. The van der Waals surface area contributed by atoms with Gasteiger partial charge >= 0.3 is 0 Å². The van der Waals surface area contributed by atoms with Crippen LogP contribution in [0.3, 0.4) is 0 Å². The number of methoxy groups -OCH3 is 2. The van der Waals surface area contributed by atoms with Crippen molar-refractivity contribution >= 4 is 16.8 Å². The number of aromatic amines is 1. The molecule has 0 radical (unpaired) electrons. The standard InChI is InChI=1S/C27H27N3O3/c1-32-25-11-5-9-19(26(25)33-2)23(22-15-29-24-10-4-3-8-18(22)24)16-30-27(31)21-13-20(21)17-7-6-12-28-14-17/h3-12,14-15,20-21,23,29H,13,16H2,1-2H3,(H,30,31). The number of rotatable bonds is 8. The van der Waals surface area contributed by atoms with E-state index in [1.165, 1.54) is 0 Å². The number of aromatic nitrogens is 2. The molecule has 1 amide bonds. The van der Waals surface area contributed by atoms with E-state index in [2.05, 4.69) is 27.4 Å². The van der Waals surface area contributed by atoms with Crippen molar-refractivity contribution in [3.8, 4) is 11.5 Å². The predicted octanol–water partition coefficient (Wildman–Crippen LogP) is 4.63. The average molecular weight is 442 g/mol. The van der Waals surface area contributed by atoms with Gasteiger partial charge in [0.05, 0.1) is 14.2 Å². The second kappa shape index (κ2) is 8.98. The summed E-state index contributed by atoms with van der Waals surface area (Å²) in [5.74, 6) is 1.57. The Morgan fingerprint density at radius 2 is 1.97 bits per heavy atom. The number of pyridine rings is 1. The largest absolute Gasteiger partial charge is 0.493 e. The second-order valence-electron chi connectivity index (χ2n) is 8.41. The van der Waals surface area contributed by atoms with Gasteiger partial charge in [-0.1, -0.05) is 36.4 Å². The Labute approximate surface area is 193 Å². The van der Waals surface area contributed by atoms with Gasteiger partial charge < -0.3 is 19.8 Å². The summed E-state index contributed by atoms with van der Waals surface area (Å²) < 4.78 is 11.3. The van der Waals surface area contributed by atoms with E-state index in [0.717, 1.165) is 34.0 Å². The number of carbonyl (C=O) groups is 1. The first kappa shape index (κ1) is 21.1. The number of carbonyl (C=O) groups excluding carboxylic acids is 1. The van der Waals surface area contributed by atoms with Gasteiger partial charge in [0.1, 0.15) is 0 Å². The van der Waals surface area contributed by atoms with Crippen molar-refractivity contribution in [2.45, 2.75) is 18.3 Å². The third-order valence-corrected chi connectivity index (χ3v) is 6.53. The van der Waals surface area contributed by atoms with Gasteiger partial charge in [-0.2, -0.15) is 0 Å². The minimum atomic E-state index is -0.106. The first-order valence-corrected chi connectivity index (χ1v) is 11.2. The molecule has 1 fully saturated rings. The van der Waals surface area contributed by atoms with Crippen LogP contribution in [0.25, 0.3) is 10.9 Å². The lowest BCUT2D eigenvalue weighted by Gasteiger charge is -2.22. The highest BCUT2D eigenvalue weighted by molar-refractivity contribution is 5.85. The zero-order valence-corrected chi connectivity index (χ0v) is 18.7. The van der Waals surface area contributed by atoms with Crippen molar-refractivity contribution in [2.24, 2.45) is 5.92 Å². The molecule has 0 spiro atoms. The maximum Gasteiger partial charge on any atom is 0.223 e. The SMILES string of the molecule is COc1cccc(C(CNC(=O)C2CC2c2cccnc2)c2c[nH]c3ccccc23)c1OC. The van der Waals surface area contributed by atoms with Gasteiger partial charge in [0.2, 0.25) is 5.91 Å². The van der Waals surface area contributed by atoms with E-state index in [1.807, 2.05) is 54.9 Å². The summed E-state index contributed by atoms with van der Waals surface area (Å²) in [5.41, 5.74) is 4.27. The fraction of sp³-hybridized carbons (Fsp3) is 0.259. The molecular weight excluding hydrogens is 414 g/mol.